The number of rotatable bonds is 4. The van der Waals surface area contributed by atoms with Crippen LogP contribution in [0.2, 0.25) is 0 Å². The van der Waals surface area contributed by atoms with Crippen LogP contribution in [0.4, 0.5) is 0 Å². The standard InChI is InChI=1S/C15H20N2O3/c1-11-3-2-4-12(7-11)8-16-14(18)15(19)17-9-13-5-6-20-10-13/h2-4,7,13H,5-6,8-10H2,1H3,(H,16,18)(H,17,19)/t13-/m0/s1. The van der Waals surface area contributed by atoms with E-state index in [0.29, 0.717) is 25.6 Å². The fraction of sp³-hybridized carbons (Fsp3) is 0.467. The van der Waals surface area contributed by atoms with Gasteiger partial charge in [-0.25, -0.2) is 0 Å². The molecule has 2 amide bonds. The zero-order chi connectivity index (χ0) is 14.4. The molecule has 1 aliphatic rings. The Morgan fingerprint density at radius 1 is 1.30 bits per heavy atom. The van der Waals surface area contributed by atoms with Crippen LogP contribution in [0.25, 0.3) is 0 Å². The van der Waals surface area contributed by atoms with Crippen LogP contribution in [-0.4, -0.2) is 31.6 Å². The Hall–Kier alpha value is -1.88. The summed E-state index contributed by atoms with van der Waals surface area (Å²) in [4.78, 5) is 23.3. The molecule has 1 aromatic rings. The first-order chi connectivity index (χ1) is 9.65. The van der Waals surface area contributed by atoms with E-state index < -0.39 is 11.8 Å². The lowest BCUT2D eigenvalue weighted by Gasteiger charge is -2.10. The number of hydrogen-bond acceptors (Lipinski definition) is 3. The lowest BCUT2D eigenvalue weighted by molar-refractivity contribution is -0.139. The summed E-state index contributed by atoms with van der Waals surface area (Å²) in [5, 5.41) is 5.26. The van der Waals surface area contributed by atoms with Gasteiger partial charge in [0.05, 0.1) is 6.61 Å². The highest BCUT2D eigenvalue weighted by Crippen LogP contribution is 2.10. The van der Waals surface area contributed by atoms with Gasteiger partial charge in [0.1, 0.15) is 0 Å². The maximum absolute atomic E-state index is 11.7. The Labute approximate surface area is 118 Å². The SMILES string of the molecule is Cc1cccc(CNC(=O)C(=O)NC[C@@H]2CCOC2)c1. The lowest BCUT2D eigenvalue weighted by atomic mass is 10.1. The second-order valence-electron chi connectivity index (χ2n) is 5.11. The molecule has 108 valence electrons. The number of amides is 2. The molecule has 0 bridgehead atoms. The first-order valence-electron chi connectivity index (χ1n) is 6.84. The zero-order valence-corrected chi connectivity index (χ0v) is 11.6. The molecule has 5 nitrogen and oxygen atoms in total. The van der Waals surface area contributed by atoms with Crippen molar-refractivity contribution in [3.05, 3.63) is 35.4 Å². The van der Waals surface area contributed by atoms with Crippen molar-refractivity contribution in [3.63, 3.8) is 0 Å². The number of nitrogens with one attached hydrogen (secondary N) is 2. The van der Waals surface area contributed by atoms with Crippen LogP contribution in [-0.2, 0) is 20.9 Å². The highest BCUT2D eigenvalue weighted by molar-refractivity contribution is 6.35. The summed E-state index contributed by atoms with van der Waals surface area (Å²) in [6, 6.07) is 7.81. The van der Waals surface area contributed by atoms with Crippen molar-refractivity contribution < 1.29 is 14.3 Å². The minimum absolute atomic E-state index is 0.323. The van der Waals surface area contributed by atoms with Crippen molar-refractivity contribution in [3.8, 4) is 0 Å². The zero-order valence-electron chi connectivity index (χ0n) is 11.6. The average molecular weight is 276 g/mol. The summed E-state index contributed by atoms with van der Waals surface area (Å²) < 4.78 is 5.21. The highest BCUT2D eigenvalue weighted by Gasteiger charge is 2.19. The molecule has 0 spiro atoms. The van der Waals surface area contributed by atoms with Gasteiger partial charge in [-0.05, 0) is 18.9 Å². The predicted octanol–water partition coefficient (Wildman–Crippen LogP) is 0.764. The van der Waals surface area contributed by atoms with E-state index in [0.717, 1.165) is 24.2 Å². The molecule has 1 aromatic carbocycles. The first kappa shape index (κ1) is 14.5. The summed E-state index contributed by atoms with van der Waals surface area (Å²) in [6.45, 7) is 4.24. The van der Waals surface area contributed by atoms with Crippen LogP contribution in [0.1, 0.15) is 17.5 Å². The molecule has 1 aliphatic heterocycles. The van der Waals surface area contributed by atoms with E-state index >= 15 is 0 Å². The van der Waals surface area contributed by atoms with E-state index in [9.17, 15) is 9.59 Å². The normalized spacial score (nSPS) is 17.8. The van der Waals surface area contributed by atoms with Crippen molar-refractivity contribution in [2.24, 2.45) is 5.92 Å². The monoisotopic (exact) mass is 276 g/mol. The molecule has 0 unspecified atom stereocenters. The van der Waals surface area contributed by atoms with Gasteiger partial charge in [0.25, 0.3) is 0 Å². The minimum Gasteiger partial charge on any atom is -0.381 e. The Morgan fingerprint density at radius 2 is 2.10 bits per heavy atom. The summed E-state index contributed by atoms with van der Waals surface area (Å²) in [5.74, 6) is -0.849. The second kappa shape index (κ2) is 7.05. The number of ether oxygens (including phenoxy) is 1. The van der Waals surface area contributed by atoms with Crippen molar-refractivity contribution in [2.45, 2.75) is 19.9 Å². The van der Waals surface area contributed by atoms with Gasteiger partial charge in [-0.2, -0.15) is 0 Å². The molecule has 0 aliphatic carbocycles. The summed E-state index contributed by atoms with van der Waals surface area (Å²) in [6.07, 6.45) is 0.936. The van der Waals surface area contributed by atoms with E-state index in [2.05, 4.69) is 10.6 Å². The van der Waals surface area contributed by atoms with Crippen molar-refractivity contribution in [1.29, 1.82) is 0 Å². The third kappa shape index (κ3) is 4.35. The fourth-order valence-corrected chi connectivity index (χ4v) is 2.15. The van der Waals surface area contributed by atoms with Crippen LogP contribution in [0, 0.1) is 12.8 Å². The maximum atomic E-state index is 11.7. The number of carbonyl (C=O) groups excluding carboxylic acids is 2. The largest absolute Gasteiger partial charge is 0.381 e. The Kier molecular flexibility index (Phi) is 5.12. The van der Waals surface area contributed by atoms with E-state index in [4.69, 9.17) is 4.74 Å². The molecule has 1 atom stereocenters. The lowest BCUT2D eigenvalue weighted by Crippen LogP contribution is -2.41. The topological polar surface area (TPSA) is 67.4 Å². The highest BCUT2D eigenvalue weighted by atomic mass is 16.5. The van der Waals surface area contributed by atoms with Gasteiger partial charge in [-0.3, -0.25) is 9.59 Å². The van der Waals surface area contributed by atoms with Crippen LogP contribution in [0.5, 0.6) is 0 Å². The Bertz CT molecular complexity index is 482. The van der Waals surface area contributed by atoms with Gasteiger partial charge in [-0.15, -0.1) is 0 Å². The van der Waals surface area contributed by atoms with E-state index in [-0.39, 0.29) is 0 Å². The van der Waals surface area contributed by atoms with E-state index in [1.165, 1.54) is 0 Å². The van der Waals surface area contributed by atoms with Crippen molar-refractivity contribution >= 4 is 11.8 Å². The van der Waals surface area contributed by atoms with Crippen molar-refractivity contribution in [2.75, 3.05) is 19.8 Å². The maximum Gasteiger partial charge on any atom is 0.309 e. The summed E-state index contributed by atoms with van der Waals surface area (Å²) in [7, 11) is 0. The van der Waals surface area contributed by atoms with Crippen molar-refractivity contribution in [1.82, 2.24) is 10.6 Å². The number of carbonyl (C=O) groups is 2. The fourth-order valence-electron chi connectivity index (χ4n) is 2.15. The van der Waals surface area contributed by atoms with Gasteiger partial charge in [0.2, 0.25) is 0 Å². The van der Waals surface area contributed by atoms with Gasteiger partial charge >= 0.3 is 11.8 Å². The van der Waals surface area contributed by atoms with Crippen LogP contribution < -0.4 is 10.6 Å². The van der Waals surface area contributed by atoms with E-state index in [1.54, 1.807) is 0 Å². The molecule has 2 rings (SSSR count). The van der Waals surface area contributed by atoms with Gasteiger partial charge in [0.15, 0.2) is 0 Å². The Balaban J connectivity index is 1.72. The van der Waals surface area contributed by atoms with Gasteiger partial charge in [-0.1, -0.05) is 29.8 Å². The molecule has 0 aromatic heterocycles. The van der Waals surface area contributed by atoms with E-state index in [1.807, 2.05) is 31.2 Å². The second-order valence-corrected chi connectivity index (χ2v) is 5.11. The number of benzene rings is 1. The first-order valence-corrected chi connectivity index (χ1v) is 6.84. The molecule has 1 heterocycles. The summed E-state index contributed by atoms with van der Waals surface area (Å²) in [5.41, 5.74) is 2.11. The predicted molar refractivity (Wildman–Crippen MR) is 75.0 cm³/mol. The molecule has 1 fully saturated rings. The molecular weight excluding hydrogens is 256 g/mol. The molecule has 5 heteroatoms. The average Bonchev–Trinajstić information content (AvgIpc) is 2.95. The molecular formula is C15H20N2O3. The van der Waals surface area contributed by atoms with Crippen LogP contribution in [0.3, 0.4) is 0 Å². The molecule has 20 heavy (non-hydrogen) atoms. The smallest absolute Gasteiger partial charge is 0.309 e. The molecule has 1 saturated heterocycles. The van der Waals surface area contributed by atoms with Crippen LogP contribution in [0.15, 0.2) is 24.3 Å². The third-order valence-electron chi connectivity index (χ3n) is 3.32. The third-order valence-corrected chi connectivity index (χ3v) is 3.32. The molecule has 0 radical (unpaired) electrons. The quantitative estimate of drug-likeness (QED) is 0.798. The number of aryl methyl sites for hydroxylation is 1. The molecule has 0 saturated carbocycles. The van der Waals surface area contributed by atoms with Gasteiger partial charge in [0, 0.05) is 25.6 Å². The van der Waals surface area contributed by atoms with Crippen LogP contribution >= 0.6 is 0 Å². The molecule has 2 N–H and O–H groups in total. The Morgan fingerprint density at radius 3 is 2.80 bits per heavy atom. The summed E-state index contributed by atoms with van der Waals surface area (Å²) >= 11 is 0. The number of hydrogen-bond donors (Lipinski definition) is 2. The van der Waals surface area contributed by atoms with Gasteiger partial charge < -0.3 is 15.4 Å². The minimum atomic E-state index is -0.592.